The number of amides is 3. The van der Waals surface area contributed by atoms with Crippen molar-refractivity contribution in [3.63, 3.8) is 0 Å². The summed E-state index contributed by atoms with van der Waals surface area (Å²) >= 11 is 5.73. The van der Waals surface area contributed by atoms with Gasteiger partial charge in [-0.2, -0.15) is 0 Å². The molecule has 0 atom stereocenters. The van der Waals surface area contributed by atoms with Crippen molar-refractivity contribution >= 4 is 29.2 Å². The van der Waals surface area contributed by atoms with Crippen LogP contribution in [0.4, 0.5) is 10.5 Å². The Morgan fingerprint density at radius 2 is 1.90 bits per heavy atom. The molecule has 0 saturated heterocycles. The maximum atomic E-state index is 11.6. The second-order valence-electron chi connectivity index (χ2n) is 3.84. The van der Waals surface area contributed by atoms with Crippen LogP contribution in [-0.4, -0.2) is 25.0 Å². The molecule has 0 aromatic heterocycles. The van der Waals surface area contributed by atoms with Crippen molar-refractivity contribution in [2.75, 3.05) is 18.4 Å². The monoisotopic (exact) mass is 293 g/mol. The molecule has 0 aliphatic heterocycles. The van der Waals surface area contributed by atoms with Gasteiger partial charge in [-0.1, -0.05) is 11.6 Å². The van der Waals surface area contributed by atoms with Gasteiger partial charge in [-0.15, -0.1) is 11.8 Å². The number of hydrogen-bond acceptors (Lipinski definition) is 2. The van der Waals surface area contributed by atoms with Crippen LogP contribution in [0.25, 0.3) is 0 Å². The van der Waals surface area contributed by atoms with E-state index in [0.717, 1.165) is 0 Å². The SMILES string of the molecule is CC#CCCNC(=O)NCC(=O)Nc1ccc(Cl)cc1. The number of anilines is 1. The molecule has 0 aliphatic rings. The van der Waals surface area contributed by atoms with E-state index in [1.807, 2.05) is 0 Å². The molecular formula is C14H16ClN3O2. The predicted octanol–water partition coefficient (Wildman–Crippen LogP) is 1.99. The van der Waals surface area contributed by atoms with Crippen molar-refractivity contribution in [2.24, 2.45) is 0 Å². The fourth-order valence-corrected chi connectivity index (χ4v) is 1.45. The topological polar surface area (TPSA) is 70.2 Å². The molecule has 0 saturated carbocycles. The minimum Gasteiger partial charge on any atom is -0.337 e. The molecule has 0 fully saturated rings. The lowest BCUT2D eigenvalue weighted by molar-refractivity contribution is -0.115. The van der Waals surface area contributed by atoms with Crippen molar-refractivity contribution in [2.45, 2.75) is 13.3 Å². The number of nitrogens with one attached hydrogen (secondary N) is 3. The maximum Gasteiger partial charge on any atom is 0.315 e. The van der Waals surface area contributed by atoms with E-state index in [-0.39, 0.29) is 12.5 Å². The number of carbonyl (C=O) groups is 2. The largest absolute Gasteiger partial charge is 0.337 e. The molecule has 0 unspecified atom stereocenters. The molecule has 3 amide bonds. The summed E-state index contributed by atoms with van der Waals surface area (Å²) < 4.78 is 0. The smallest absolute Gasteiger partial charge is 0.315 e. The van der Waals surface area contributed by atoms with Crippen LogP contribution in [-0.2, 0) is 4.79 Å². The average Bonchev–Trinajstić information content (AvgIpc) is 2.44. The zero-order valence-electron chi connectivity index (χ0n) is 11.1. The van der Waals surface area contributed by atoms with E-state index in [4.69, 9.17) is 11.6 Å². The van der Waals surface area contributed by atoms with Gasteiger partial charge in [-0.05, 0) is 31.2 Å². The summed E-state index contributed by atoms with van der Waals surface area (Å²) in [5.74, 6) is 5.24. The molecule has 1 aromatic rings. The van der Waals surface area contributed by atoms with Gasteiger partial charge in [0.05, 0.1) is 6.54 Å². The highest BCUT2D eigenvalue weighted by Crippen LogP contribution is 2.12. The van der Waals surface area contributed by atoms with Crippen LogP contribution >= 0.6 is 11.6 Å². The van der Waals surface area contributed by atoms with E-state index >= 15 is 0 Å². The maximum absolute atomic E-state index is 11.6. The minimum absolute atomic E-state index is 0.103. The zero-order valence-corrected chi connectivity index (χ0v) is 11.9. The lowest BCUT2D eigenvalue weighted by Crippen LogP contribution is -2.40. The van der Waals surface area contributed by atoms with Crippen molar-refractivity contribution in [1.29, 1.82) is 0 Å². The lowest BCUT2D eigenvalue weighted by Gasteiger charge is -2.07. The standard InChI is InChI=1S/C14H16ClN3O2/c1-2-3-4-9-16-14(20)17-10-13(19)18-12-7-5-11(15)6-8-12/h5-8H,4,9-10H2,1H3,(H,18,19)(H2,16,17,20). The lowest BCUT2D eigenvalue weighted by atomic mass is 10.3. The van der Waals surface area contributed by atoms with Gasteiger partial charge in [0.15, 0.2) is 0 Å². The van der Waals surface area contributed by atoms with E-state index in [1.165, 1.54) is 0 Å². The van der Waals surface area contributed by atoms with Crippen LogP contribution in [0.3, 0.4) is 0 Å². The van der Waals surface area contributed by atoms with Crippen molar-refractivity contribution < 1.29 is 9.59 Å². The first kappa shape index (κ1) is 15.9. The van der Waals surface area contributed by atoms with Crippen LogP contribution in [0.2, 0.25) is 5.02 Å². The van der Waals surface area contributed by atoms with Crippen molar-refractivity contribution in [1.82, 2.24) is 10.6 Å². The van der Waals surface area contributed by atoms with Gasteiger partial charge >= 0.3 is 6.03 Å². The summed E-state index contributed by atoms with van der Waals surface area (Å²) in [7, 11) is 0. The summed E-state index contributed by atoms with van der Waals surface area (Å²) in [6, 6.07) is 6.32. The Bertz CT molecular complexity index is 517. The van der Waals surface area contributed by atoms with Crippen molar-refractivity contribution in [3.05, 3.63) is 29.3 Å². The van der Waals surface area contributed by atoms with Crippen molar-refractivity contribution in [3.8, 4) is 11.8 Å². The molecule has 5 nitrogen and oxygen atoms in total. The Morgan fingerprint density at radius 3 is 2.55 bits per heavy atom. The quantitative estimate of drug-likeness (QED) is 0.574. The van der Waals surface area contributed by atoms with E-state index in [9.17, 15) is 9.59 Å². The summed E-state index contributed by atoms with van der Waals surface area (Å²) in [5, 5.41) is 8.28. The minimum atomic E-state index is -0.394. The first-order valence-corrected chi connectivity index (χ1v) is 6.46. The molecule has 6 heteroatoms. The molecule has 106 valence electrons. The second-order valence-corrected chi connectivity index (χ2v) is 4.28. The fraction of sp³-hybridized carbons (Fsp3) is 0.286. The first-order chi connectivity index (χ1) is 9.61. The Labute approximate surface area is 123 Å². The molecule has 3 N–H and O–H groups in total. The van der Waals surface area contributed by atoms with E-state index in [2.05, 4.69) is 27.8 Å². The normalized spacial score (nSPS) is 9.10. The van der Waals surface area contributed by atoms with Gasteiger partial charge in [0, 0.05) is 23.7 Å². The highest BCUT2D eigenvalue weighted by atomic mass is 35.5. The van der Waals surface area contributed by atoms with Crippen LogP contribution in [0.5, 0.6) is 0 Å². The van der Waals surface area contributed by atoms with E-state index < -0.39 is 6.03 Å². The third kappa shape index (κ3) is 6.66. The van der Waals surface area contributed by atoms with E-state index in [1.54, 1.807) is 31.2 Å². The van der Waals surface area contributed by atoms with Crippen LogP contribution in [0, 0.1) is 11.8 Å². The van der Waals surface area contributed by atoms with Gasteiger partial charge in [-0.25, -0.2) is 4.79 Å². The van der Waals surface area contributed by atoms with E-state index in [0.29, 0.717) is 23.7 Å². The Balaban J connectivity index is 2.23. The molecule has 1 rings (SSSR count). The summed E-state index contributed by atoms with van der Waals surface area (Å²) in [4.78, 5) is 22.9. The van der Waals surface area contributed by atoms with Gasteiger partial charge in [-0.3, -0.25) is 4.79 Å². The Morgan fingerprint density at radius 1 is 1.20 bits per heavy atom. The molecule has 0 heterocycles. The number of rotatable bonds is 5. The number of hydrogen-bond donors (Lipinski definition) is 3. The van der Waals surface area contributed by atoms with Gasteiger partial charge in [0.2, 0.25) is 5.91 Å². The molecule has 0 bridgehead atoms. The van der Waals surface area contributed by atoms with Crippen LogP contribution < -0.4 is 16.0 Å². The Kier molecular flexibility index (Phi) is 7.01. The van der Waals surface area contributed by atoms with Crippen LogP contribution in [0.15, 0.2) is 24.3 Å². The molecule has 0 aliphatic carbocycles. The average molecular weight is 294 g/mol. The highest BCUT2D eigenvalue weighted by molar-refractivity contribution is 6.30. The van der Waals surface area contributed by atoms with Gasteiger partial charge in [0.1, 0.15) is 0 Å². The van der Waals surface area contributed by atoms with Gasteiger partial charge < -0.3 is 16.0 Å². The first-order valence-electron chi connectivity index (χ1n) is 6.08. The predicted molar refractivity (Wildman–Crippen MR) is 79.6 cm³/mol. The molecule has 1 aromatic carbocycles. The number of halogens is 1. The summed E-state index contributed by atoms with van der Waals surface area (Å²) in [6.45, 7) is 2.08. The third-order valence-corrected chi connectivity index (χ3v) is 2.50. The van der Waals surface area contributed by atoms with Crippen LogP contribution in [0.1, 0.15) is 13.3 Å². The Hall–Kier alpha value is -2.19. The summed E-state index contributed by atoms with van der Waals surface area (Å²) in [5.41, 5.74) is 0.625. The molecule has 20 heavy (non-hydrogen) atoms. The highest BCUT2D eigenvalue weighted by Gasteiger charge is 2.04. The fourth-order valence-electron chi connectivity index (χ4n) is 1.32. The molecule has 0 radical (unpaired) electrons. The zero-order chi connectivity index (χ0) is 14.8. The number of urea groups is 1. The number of carbonyl (C=O) groups excluding carboxylic acids is 2. The summed E-state index contributed by atoms with van der Waals surface area (Å²) in [6.07, 6.45) is 0.584. The molecular weight excluding hydrogens is 278 g/mol. The second kappa shape index (κ2) is 8.83. The molecule has 0 spiro atoms. The number of benzene rings is 1. The van der Waals surface area contributed by atoms with Gasteiger partial charge in [0.25, 0.3) is 0 Å². The third-order valence-electron chi connectivity index (χ3n) is 2.25.